The zero-order chi connectivity index (χ0) is 15.5. The number of amides is 1. The van der Waals surface area contributed by atoms with Crippen LogP contribution in [0.2, 0.25) is 0 Å². The topological polar surface area (TPSA) is 59.0 Å². The van der Waals surface area contributed by atoms with Crippen LogP contribution in [-0.4, -0.2) is 28.7 Å². The van der Waals surface area contributed by atoms with Crippen molar-refractivity contribution in [1.82, 2.24) is 5.06 Å². The zero-order valence-electron chi connectivity index (χ0n) is 12.2. The second kappa shape index (κ2) is 6.17. The van der Waals surface area contributed by atoms with Crippen LogP contribution < -0.4 is 0 Å². The van der Waals surface area contributed by atoms with Gasteiger partial charge in [0.05, 0.1) is 12.6 Å². The molecule has 3 rings (SSSR count). The molecule has 1 fully saturated rings. The number of carbonyl (C=O) groups excluding carboxylic acids is 1. The first kappa shape index (κ1) is 14.6. The van der Waals surface area contributed by atoms with Crippen molar-refractivity contribution in [2.24, 2.45) is 0 Å². The molecule has 2 aromatic carbocycles. The van der Waals surface area contributed by atoms with Crippen LogP contribution in [-0.2, 0) is 9.57 Å². The van der Waals surface area contributed by atoms with E-state index in [0.29, 0.717) is 17.7 Å². The van der Waals surface area contributed by atoms with Gasteiger partial charge in [0.25, 0.3) is 5.91 Å². The third kappa shape index (κ3) is 3.10. The highest BCUT2D eigenvalue weighted by Gasteiger charge is 2.31. The monoisotopic (exact) mass is 299 g/mol. The smallest absolute Gasteiger partial charge is 0.277 e. The van der Waals surface area contributed by atoms with E-state index in [0.717, 1.165) is 0 Å². The van der Waals surface area contributed by atoms with Gasteiger partial charge < -0.3 is 9.84 Å². The largest absolute Gasteiger partial charge is 0.508 e. The maximum atomic E-state index is 12.5. The highest BCUT2D eigenvalue weighted by molar-refractivity contribution is 5.93. The van der Waals surface area contributed by atoms with E-state index in [2.05, 4.69) is 0 Å². The fourth-order valence-corrected chi connectivity index (χ4v) is 2.34. The Hall–Kier alpha value is -2.37. The molecule has 1 heterocycles. The van der Waals surface area contributed by atoms with Crippen molar-refractivity contribution in [2.45, 2.75) is 19.3 Å². The van der Waals surface area contributed by atoms with Crippen molar-refractivity contribution in [1.29, 1.82) is 0 Å². The summed E-state index contributed by atoms with van der Waals surface area (Å²) in [5, 5.41) is 10.9. The van der Waals surface area contributed by atoms with Gasteiger partial charge in [0, 0.05) is 11.1 Å². The normalized spacial score (nSPS) is 21.6. The van der Waals surface area contributed by atoms with Gasteiger partial charge in [0.2, 0.25) is 6.29 Å². The molecule has 0 spiro atoms. The molecule has 5 heteroatoms. The van der Waals surface area contributed by atoms with Crippen molar-refractivity contribution in [3.8, 4) is 5.75 Å². The van der Waals surface area contributed by atoms with E-state index in [-0.39, 0.29) is 17.8 Å². The molecule has 0 bridgehead atoms. The number of aromatic hydroxyl groups is 1. The number of phenols is 1. The molecule has 0 aromatic heterocycles. The van der Waals surface area contributed by atoms with Crippen LogP contribution in [0.25, 0.3) is 0 Å². The Morgan fingerprint density at radius 3 is 2.68 bits per heavy atom. The van der Waals surface area contributed by atoms with Crippen LogP contribution in [0.1, 0.15) is 29.1 Å². The van der Waals surface area contributed by atoms with E-state index in [1.54, 1.807) is 36.4 Å². The number of hydroxylamine groups is 2. The second-order valence-corrected chi connectivity index (χ2v) is 5.21. The van der Waals surface area contributed by atoms with Gasteiger partial charge in [-0.05, 0) is 31.2 Å². The van der Waals surface area contributed by atoms with Crippen LogP contribution >= 0.6 is 0 Å². The predicted octanol–water partition coefficient (Wildman–Crippen LogP) is 2.88. The standard InChI is InChI=1S/C17H17NO4/c1-12-11-18(16(20)13-6-3-2-4-7-13)22-17(21-12)14-8-5-9-15(19)10-14/h2-10,12,17,19H,11H2,1H3/t12-,17+/m0/s1. The molecule has 0 saturated carbocycles. The SMILES string of the molecule is C[C@H]1CN(C(=O)c2ccccc2)O[C@H](c2cccc(O)c2)O1. The maximum Gasteiger partial charge on any atom is 0.277 e. The fraction of sp³-hybridized carbons (Fsp3) is 0.235. The lowest BCUT2D eigenvalue weighted by Gasteiger charge is -2.36. The average molecular weight is 299 g/mol. The van der Waals surface area contributed by atoms with E-state index >= 15 is 0 Å². The quantitative estimate of drug-likeness (QED) is 0.926. The Balaban J connectivity index is 1.80. The minimum atomic E-state index is -0.719. The van der Waals surface area contributed by atoms with Crippen molar-refractivity contribution >= 4 is 5.91 Å². The first-order valence-electron chi connectivity index (χ1n) is 7.11. The molecule has 0 unspecified atom stereocenters. The van der Waals surface area contributed by atoms with E-state index in [1.807, 2.05) is 25.1 Å². The number of nitrogens with zero attached hydrogens (tertiary/aromatic N) is 1. The molecule has 1 saturated heterocycles. The minimum Gasteiger partial charge on any atom is -0.508 e. The fourth-order valence-electron chi connectivity index (χ4n) is 2.34. The first-order chi connectivity index (χ1) is 10.6. The van der Waals surface area contributed by atoms with Crippen LogP contribution in [0.4, 0.5) is 0 Å². The summed E-state index contributed by atoms with van der Waals surface area (Å²) in [4.78, 5) is 18.1. The molecule has 22 heavy (non-hydrogen) atoms. The number of benzene rings is 2. The van der Waals surface area contributed by atoms with Crippen LogP contribution in [0.5, 0.6) is 5.75 Å². The van der Waals surface area contributed by atoms with Crippen LogP contribution in [0.3, 0.4) is 0 Å². The van der Waals surface area contributed by atoms with E-state index < -0.39 is 6.29 Å². The van der Waals surface area contributed by atoms with Crippen LogP contribution in [0.15, 0.2) is 54.6 Å². The summed E-state index contributed by atoms with van der Waals surface area (Å²) in [5.41, 5.74) is 1.23. The summed E-state index contributed by atoms with van der Waals surface area (Å²) in [5.74, 6) is -0.0789. The lowest BCUT2D eigenvalue weighted by Crippen LogP contribution is -2.44. The molecule has 1 aliphatic heterocycles. The van der Waals surface area contributed by atoms with E-state index in [1.165, 1.54) is 5.06 Å². The van der Waals surface area contributed by atoms with Gasteiger partial charge in [-0.25, -0.2) is 9.90 Å². The third-order valence-corrected chi connectivity index (χ3v) is 3.39. The van der Waals surface area contributed by atoms with Crippen molar-refractivity contribution < 1.29 is 19.5 Å². The summed E-state index contributed by atoms with van der Waals surface area (Å²) >= 11 is 0. The van der Waals surface area contributed by atoms with Gasteiger partial charge in [-0.2, -0.15) is 0 Å². The Bertz CT molecular complexity index is 659. The Morgan fingerprint density at radius 1 is 1.18 bits per heavy atom. The van der Waals surface area contributed by atoms with Gasteiger partial charge >= 0.3 is 0 Å². The summed E-state index contributed by atoms with van der Waals surface area (Å²) in [7, 11) is 0. The first-order valence-corrected chi connectivity index (χ1v) is 7.11. The number of ether oxygens (including phenoxy) is 1. The van der Waals surface area contributed by atoms with Crippen molar-refractivity contribution in [3.63, 3.8) is 0 Å². The van der Waals surface area contributed by atoms with Gasteiger partial charge in [0.1, 0.15) is 5.75 Å². The molecule has 1 amide bonds. The number of carbonyl (C=O) groups is 1. The molecule has 2 atom stereocenters. The lowest BCUT2D eigenvalue weighted by molar-refractivity contribution is -0.320. The number of hydrogen-bond donors (Lipinski definition) is 1. The van der Waals surface area contributed by atoms with E-state index in [9.17, 15) is 9.90 Å². The molecule has 0 aliphatic carbocycles. The van der Waals surface area contributed by atoms with Crippen molar-refractivity contribution in [3.05, 3.63) is 65.7 Å². The maximum absolute atomic E-state index is 12.5. The number of rotatable bonds is 2. The van der Waals surface area contributed by atoms with Gasteiger partial charge in [-0.1, -0.05) is 30.3 Å². The molecule has 5 nitrogen and oxygen atoms in total. The Kier molecular flexibility index (Phi) is 4.09. The number of phenolic OH excluding ortho intramolecular Hbond substituents is 1. The molecule has 2 aromatic rings. The summed E-state index contributed by atoms with van der Waals surface area (Å²) in [6.45, 7) is 2.23. The highest BCUT2D eigenvalue weighted by atomic mass is 16.8. The number of hydrogen-bond acceptors (Lipinski definition) is 4. The molecule has 1 aliphatic rings. The molecular formula is C17H17NO4. The summed E-state index contributed by atoms with van der Waals surface area (Å²) in [6.07, 6.45) is -0.891. The average Bonchev–Trinajstić information content (AvgIpc) is 2.54. The van der Waals surface area contributed by atoms with Crippen LogP contribution in [0, 0.1) is 0 Å². The molecular weight excluding hydrogens is 282 g/mol. The van der Waals surface area contributed by atoms with Gasteiger partial charge in [-0.15, -0.1) is 0 Å². The Morgan fingerprint density at radius 2 is 1.95 bits per heavy atom. The predicted molar refractivity (Wildman–Crippen MR) is 80.0 cm³/mol. The third-order valence-electron chi connectivity index (χ3n) is 3.39. The Labute approximate surface area is 128 Å². The van der Waals surface area contributed by atoms with E-state index in [4.69, 9.17) is 9.57 Å². The highest BCUT2D eigenvalue weighted by Crippen LogP contribution is 2.29. The second-order valence-electron chi connectivity index (χ2n) is 5.21. The summed E-state index contributed by atoms with van der Waals surface area (Å²) < 4.78 is 5.72. The minimum absolute atomic E-state index is 0.129. The zero-order valence-corrected chi connectivity index (χ0v) is 12.2. The van der Waals surface area contributed by atoms with Gasteiger partial charge in [-0.3, -0.25) is 4.79 Å². The van der Waals surface area contributed by atoms with Gasteiger partial charge in [0.15, 0.2) is 0 Å². The molecule has 0 radical (unpaired) electrons. The molecule has 1 N–H and O–H groups in total. The summed E-state index contributed by atoms with van der Waals surface area (Å²) in [6, 6.07) is 15.6. The molecule has 114 valence electrons. The lowest BCUT2D eigenvalue weighted by atomic mass is 10.2. The van der Waals surface area contributed by atoms with Crippen molar-refractivity contribution in [2.75, 3.05) is 6.54 Å².